The second-order valence-corrected chi connectivity index (χ2v) is 17.0. The van der Waals surface area contributed by atoms with Crippen LogP contribution in [0.2, 0.25) is 0 Å². The van der Waals surface area contributed by atoms with E-state index in [9.17, 15) is 0 Å². The molecule has 0 N–H and O–H groups in total. The maximum Gasteiger partial charge on any atom is 0.143 e. The molecular weight excluding hydrogens is 731 g/mol. The fourth-order valence-electron chi connectivity index (χ4n) is 9.12. The lowest BCUT2D eigenvalue weighted by molar-refractivity contribution is 1.20. The molecule has 0 amide bonds. The quantitative estimate of drug-likeness (QED) is 0.180. The van der Waals surface area contributed by atoms with E-state index in [1.807, 2.05) is 11.3 Å². The molecule has 0 fully saturated rings. The average molecular weight is 760 g/mol. The van der Waals surface area contributed by atoms with Gasteiger partial charge in [0, 0.05) is 57.5 Å². The van der Waals surface area contributed by atoms with E-state index in [4.69, 9.17) is 9.97 Å². The summed E-state index contributed by atoms with van der Waals surface area (Å²) in [4.78, 5) is 12.0. The molecule has 0 saturated heterocycles. The van der Waals surface area contributed by atoms with E-state index in [2.05, 4.69) is 180 Å². The Hall–Kier alpha value is -6.92. The summed E-state index contributed by atoms with van der Waals surface area (Å²) in [6, 6.07) is 64.3. The molecule has 4 aromatic heterocycles. The number of hydrogen-bond donors (Lipinski definition) is 0. The minimum absolute atomic E-state index is 0.897. The van der Waals surface area contributed by atoms with E-state index in [1.165, 1.54) is 68.2 Å². The van der Waals surface area contributed by atoms with Gasteiger partial charge in [0.1, 0.15) is 10.3 Å². The van der Waals surface area contributed by atoms with Gasteiger partial charge in [-0.15, -0.1) is 22.7 Å². The molecule has 0 spiro atoms. The fraction of sp³-hybridized carbons (Fsp3) is 0. The highest BCUT2D eigenvalue weighted by Gasteiger charge is 2.22. The highest BCUT2D eigenvalue weighted by Crippen LogP contribution is 2.44. The molecule has 57 heavy (non-hydrogen) atoms. The summed E-state index contributed by atoms with van der Waals surface area (Å²) in [5.74, 6) is 0. The average Bonchev–Trinajstić information content (AvgIpc) is 3.92. The van der Waals surface area contributed by atoms with Crippen LogP contribution in [0.5, 0.6) is 0 Å². The maximum atomic E-state index is 5.59. The van der Waals surface area contributed by atoms with Gasteiger partial charge in [-0.05, 0) is 81.5 Å². The third-order valence-corrected chi connectivity index (χ3v) is 13.9. The van der Waals surface area contributed by atoms with Gasteiger partial charge >= 0.3 is 0 Å². The van der Waals surface area contributed by atoms with E-state index in [1.54, 1.807) is 11.3 Å². The second kappa shape index (κ2) is 11.8. The number of rotatable bonds is 3. The monoisotopic (exact) mass is 759 g/mol. The van der Waals surface area contributed by atoms with Crippen molar-refractivity contribution in [1.29, 1.82) is 0 Å². The lowest BCUT2D eigenvalue weighted by Crippen LogP contribution is -1.99. The van der Waals surface area contributed by atoms with Crippen LogP contribution in [0, 0.1) is 0 Å². The first-order chi connectivity index (χ1) is 28.2. The van der Waals surface area contributed by atoms with Crippen LogP contribution in [0.1, 0.15) is 0 Å². The topological polar surface area (TPSA) is 30.7 Å². The molecule has 0 bridgehead atoms. The minimum Gasteiger partial charge on any atom is -0.309 e. The van der Waals surface area contributed by atoms with Crippen LogP contribution in [-0.4, -0.2) is 14.5 Å². The Morgan fingerprint density at radius 2 is 0.930 bits per heavy atom. The van der Waals surface area contributed by atoms with Crippen LogP contribution < -0.4 is 0 Å². The van der Waals surface area contributed by atoms with Crippen molar-refractivity contribution in [2.75, 3.05) is 0 Å². The smallest absolute Gasteiger partial charge is 0.143 e. The normalized spacial score (nSPS) is 12.2. The molecule has 0 saturated carbocycles. The van der Waals surface area contributed by atoms with E-state index < -0.39 is 0 Å². The van der Waals surface area contributed by atoms with Crippen molar-refractivity contribution in [3.05, 3.63) is 176 Å². The van der Waals surface area contributed by atoms with Crippen molar-refractivity contribution < 1.29 is 0 Å². The molecule has 4 heterocycles. The molecule has 0 aliphatic rings. The fourth-order valence-corrected chi connectivity index (χ4v) is 11.3. The SMILES string of the molecule is c1ccc2cc3c(cc2c1)c1cc2ccccc2cc1n3-c1ccc(-c2nc3c(nc2-c2ccc4c(c2)sc2ccccc24)sc2ccccc23)c2ccccc12. The molecule has 264 valence electrons. The number of benzene rings is 9. The van der Waals surface area contributed by atoms with Crippen LogP contribution in [0.3, 0.4) is 0 Å². The van der Waals surface area contributed by atoms with Crippen LogP contribution in [0.25, 0.3) is 123 Å². The molecule has 0 radical (unpaired) electrons. The zero-order valence-electron chi connectivity index (χ0n) is 30.4. The number of nitrogens with zero attached hydrogens (tertiary/aromatic N) is 3. The predicted molar refractivity (Wildman–Crippen MR) is 246 cm³/mol. The number of fused-ring (bicyclic) bond motifs is 12. The highest BCUT2D eigenvalue weighted by molar-refractivity contribution is 7.26. The Labute approximate surface area is 334 Å². The van der Waals surface area contributed by atoms with Gasteiger partial charge in [-0.3, -0.25) is 0 Å². The van der Waals surface area contributed by atoms with E-state index in [-0.39, 0.29) is 0 Å². The third kappa shape index (κ3) is 4.58. The zero-order valence-corrected chi connectivity index (χ0v) is 32.0. The Balaban J connectivity index is 1.11. The van der Waals surface area contributed by atoms with Crippen molar-refractivity contribution in [1.82, 2.24) is 14.5 Å². The summed E-state index contributed by atoms with van der Waals surface area (Å²) >= 11 is 3.55. The largest absolute Gasteiger partial charge is 0.309 e. The van der Waals surface area contributed by atoms with Crippen molar-refractivity contribution in [2.24, 2.45) is 0 Å². The van der Waals surface area contributed by atoms with Crippen molar-refractivity contribution >= 4 is 117 Å². The first kappa shape index (κ1) is 31.3. The maximum absolute atomic E-state index is 5.59. The van der Waals surface area contributed by atoms with E-state index in [0.29, 0.717) is 0 Å². The summed E-state index contributed by atoms with van der Waals surface area (Å²) in [6.45, 7) is 0. The number of aromatic nitrogens is 3. The molecule has 0 unspecified atom stereocenters. The van der Waals surface area contributed by atoms with Gasteiger partial charge in [-0.1, -0.05) is 121 Å². The van der Waals surface area contributed by atoms with E-state index >= 15 is 0 Å². The first-order valence-corrected chi connectivity index (χ1v) is 20.9. The number of thiophene rings is 2. The van der Waals surface area contributed by atoms with Crippen LogP contribution >= 0.6 is 22.7 Å². The molecule has 0 aliphatic carbocycles. The molecule has 0 aliphatic heterocycles. The van der Waals surface area contributed by atoms with Crippen LogP contribution in [0.15, 0.2) is 176 Å². The van der Waals surface area contributed by atoms with Crippen molar-refractivity contribution in [3.8, 4) is 28.2 Å². The van der Waals surface area contributed by atoms with Gasteiger partial charge in [0.15, 0.2) is 0 Å². The van der Waals surface area contributed by atoms with Crippen molar-refractivity contribution in [2.45, 2.75) is 0 Å². The predicted octanol–water partition coefficient (Wildman–Crippen LogP) is 15.1. The van der Waals surface area contributed by atoms with Crippen molar-refractivity contribution in [3.63, 3.8) is 0 Å². The Bertz CT molecular complexity index is 3740. The molecule has 0 atom stereocenters. The van der Waals surface area contributed by atoms with Gasteiger partial charge in [0.2, 0.25) is 0 Å². The lowest BCUT2D eigenvalue weighted by Gasteiger charge is -2.16. The molecule has 9 aromatic carbocycles. The van der Waals surface area contributed by atoms with Gasteiger partial charge in [0.05, 0.1) is 28.1 Å². The van der Waals surface area contributed by atoms with Crippen LogP contribution in [-0.2, 0) is 0 Å². The summed E-state index contributed by atoms with van der Waals surface area (Å²) in [5, 5.41) is 13.5. The summed E-state index contributed by atoms with van der Waals surface area (Å²) < 4.78 is 6.22. The summed E-state index contributed by atoms with van der Waals surface area (Å²) in [5.41, 5.74) is 8.43. The van der Waals surface area contributed by atoms with Gasteiger partial charge in [0.25, 0.3) is 0 Å². The molecule has 13 rings (SSSR count). The summed E-state index contributed by atoms with van der Waals surface area (Å²) in [6.07, 6.45) is 0. The molecule has 3 nitrogen and oxygen atoms in total. The van der Waals surface area contributed by atoms with Gasteiger partial charge in [-0.2, -0.15) is 0 Å². The minimum atomic E-state index is 0.897. The Morgan fingerprint density at radius 3 is 1.63 bits per heavy atom. The van der Waals surface area contributed by atoms with Crippen LogP contribution in [0.4, 0.5) is 0 Å². The Morgan fingerprint density at radius 1 is 0.368 bits per heavy atom. The highest BCUT2D eigenvalue weighted by atomic mass is 32.1. The molecule has 5 heteroatoms. The van der Waals surface area contributed by atoms with E-state index in [0.717, 1.165) is 54.7 Å². The van der Waals surface area contributed by atoms with Gasteiger partial charge in [-0.25, -0.2) is 9.97 Å². The first-order valence-electron chi connectivity index (χ1n) is 19.2. The standard InChI is InChI=1S/C52H29N3S2/c1-3-13-32-27-44-41(25-30(32)11-1)42-26-31-12-2-4-14-33(31)28-45(42)55(44)43-24-23-39(35-15-5-6-16-36(35)43)50-49(54-52-51(53-50)40-18-8-10-20-47(40)57-52)34-21-22-38-37-17-7-9-19-46(37)56-48(38)29-34/h1-29H. The summed E-state index contributed by atoms with van der Waals surface area (Å²) in [7, 11) is 0. The molecular formula is C52H29N3S2. The van der Waals surface area contributed by atoms with Gasteiger partial charge < -0.3 is 4.57 Å². The lowest BCUT2D eigenvalue weighted by atomic mass is 9.96. The second-order valence-electron chi connectivity index (χ2n) is 14.9. The zero-order chi connectivity index (χ0) is 37.2. The number of hydrogen-bond acceptors (Lipinski definition) is 4. The molecule has 13 aromatic rings. The Kier molecular flexibility index (Phi) is 6.48. The third-order valence-electron chi connectivity index (χ3n) is 11.8.